The Morgan fingerprint density at radius 1 is 1.44 bits per heavy atom. The average molecular weight is 129 g/mol. The van der Waals surface area contributed by atoms with E-state index in [4.69, 9.17) is 5.73 Å². The standard InChI is InChI=1S/C6H15N3/c1-9(2)8-6-3-5(7)4-6/h5-6,8H,3-4,7H2,1-2H3. The van der Waals surface area contributed by atoms with Crippen LogP contribution in [0, 0.1) is 0 Å². The Labute approximate surface area is 56.2 Å². The molecule has 0 heterocycles. The molecule has 1 aliphatic carbocycles. The van der Waals surface area contributed by atoms with Crippen molar-refractivity contribution < 1.29 is 0 Å². The first-order valence-electron chi connectivity index (χ1n) is 3.37. The van der Waals surface area contributed by atoms with E-state index in [0.717, 1.165) is 12.8 Å². The SMILES string of the molecule is CN(C)NC1CC(N)C1. The molecule has 0 aromatic carbocycles. The van der Waals surface area contributed by atoms with Crippen molar-refractivity contribution in [2.75, 3.05) is 14.1 Å². The molecule has 0 spiro atoms. The molecule has 1 saturated carbocycles. The molecule has 0 bridgehead atoms. The molecule has 0 radical (unpaired) electrons. The van der Waals surface area contributed by atoms with Gasteiger partial charge in [0.2, 0.25) is 0 Å². The van der Waals surface area contributed by atoms with Crippen LogP contribution in [0.4, 0.5) is 0 Å². The number of nitrogens with zero attached hydrogens (tertiary/aromatic N) is 1. The van der Waals surface area contributed by atoms with Crippen LogP contribution in [0.5, 0.6) is 0 Å². The fourth-order valence-corrected chi connectivity index (χ4v) is 1.13. The fraction of sp³-hybridized carbons (Fsp3) is 1.00. The molecule has 0 saturated heterocycles. The summed E-state index contributed by atoms with van der Waals surface area (Å²) < 4.78 is 0. The zero-order chi connectivity index (χ0) is 6.85. The van der Waals surface area contributed by atoms with Crippen LogP contribution in [-0.2, 0) is 0 Å². The van der Waals surface area contributed by atoms with Gasteiger partial charge in [0, 0.05) is 26.2 Å². The van der Waals surface area contributed by atoms with E-state index < -0.39 is 0 Å². The summed E-state index contributed by atoms with van der Waals surface area (Å²) in [6.07, 6.45) is 2.25. The summed E-state index contributed by atoms with van der Waals surface area (Å²) in [7, 11) is 4.01. The van der Waals surface area contributed by atoms with Crippen molar-refractivity contribution in [3.8, 4) is 0 Å². The van der Waals surface area contributed by atoms with Gasteiger partial charge in [-0.25, -0.2) is 0 Å². The lowest BCUT2D eigenvalue weighted by molar-refractivity contribution is 0.167. The van der Waals surface area contributed by atoms with E-state index in [1.165, 1.54) is 0 Å². The van der Waals surface area contributed by atoms with Gasteiger partial charge in [-0.05, 0) is 12.8 Å². The van der Waals surface area contributed by atoms with Crippen LogP contribution in [0.15, 0.2) is 0 Å². The Bertz CT molecular complexity index is 86.3. The van der Waals surface area contributed by atoms with Crippen molar-refractivity contribution in [3.63, 3.8) is 0 Å². The van der Waals surface area contributed by atoms with Crippen molar-refractivity contribution in [1.82, 2.24) is 10.4 Å². The first kappa shape index (κ1) is 6.99. The Hall–Kier alpha value is -0.120. The van der Waals surface area contributed by atoms with Crippen LogP contribution in [0.2, 0.25) is 0 Å². The minimum absolute atomic E-state index is 0.447. The quantitative estimate of drug-likeness (QED) is 0.496. The van der Waals surface area contributed by atoms with Gasteiger partial charge in [0.1, 0.15) is 0 Å². The predicted octanol–water partition coefficient (Wildman–Crippen LogP) is -0.458. The van der Waals surface area contributed by atoms with Crippen molar-refractivity contribution in [1.29, 1.82) is 0 Å². The van der Waals surface area contributed by atoms with E-state index in [-0.39, 0.29) is 0 Å². The van der Waals surface area contributed by atoms with Gasteiger partial charge in [0.15, 0.2) is 0 Å². The highest BCUT2D eigenvalue weighted by atomic mass is 15.5. The Morgan fingerprint density at radius 2 is 2.00 bits per heavy atom. The maximum absolute atomic E-state index is 5.59. The van der Waals surface area contributed by atoms with Crippen molar-refractivity contribution in [2.24, 2.45) is 5.73 Å². The Kier molecular flexibility index (Phi) is 2.05. The second-order valence-electron chi connectivity index (χ2n) is 2.95. The Morgan fingerprint density at radius 3 is 2.33 bits per heavy atom. The van der Waals surface area contributed by atoms with Gasteiger partial charge in [0.05, 0.1) is 0 Å². The lowest BCUT2D eigenvalue weighted by Crippen LogP contribution is -2.52. The van der Waals surface area contributed by atoms with E-state index in [0.29, 0.717) is 12.1 Å². The van der Waals surface area contributed by atoms with E-state index in [1.54, 1.807) is 0 Å². The van der Waals surface area contributed by atoms with Crippen molar-refractivity contribution in [3.05, 3.63) is 0 Å². The molecular weight excluding hydrogens is 114 g/mol. The first-order chi connectivity index (χ1) is 4.18. The average Bonchev–Trinajstić information content (AvgIpc) is 1.60. The van der Waals surface area contributed by atoms with Crippen LogP contribution < -0.4 is 11.2 Å². The predicted molar refractivity (Wildman–Crippen MR) is 37.8 cm³/mol. The number of hydrogen-bond acceptors (Lipinski definition) is 3. The summed E-state index contributed by atoms with van der Waals surface area (Å²) in [4.78, 5) is 0. The molecule has 3 N–H and O–H groups in total. The van der Waals surface area contributed by atoms with Gasteiger partial charge in [-0.15, -0.1) is 0 Å². The van der Waals surface area contributed by atoms with Crippen LogP contribution in [0.3, 0.4) is 0 Å². The molecule has 0 amide bonds. The van der Waals surface area contributed by atoms with Gasteiger partial charge >= 0.3 is 0 Å². The Balaban J connectivity index is 2.04. The molecule has 0 aromatic heterocycles. The lowest BCUT2D eigenvalue weighted by Gasteiger charge is -2.35. The molecule has 3 nitrogen and oxygen atoms in total. The van der Waals surface area contributed by atoms with Crippen LogP contribution in [-0.4, -0.2) is 31.2 Å². The van der Waals surface area contributed by atoms with Crippen LogP contribution in [0.1, 0.15) is 12.8 Å². The maximum atomic E-state index is 5.59. The largest absolute Gasteiger partial charge is 0.328 e. The monoisotopic (exact) mass is 129 g/mol. The van der Waals surface area contributed by atoms with Crippen LogP contribution >= 0.6 is 0 Å². The van der Waals surface area contributed by atoms with Crippen molar-refractivity contribution in [2.45, 2.75) is 24.9 Å². The summed E-state index contributed by atoms with van der Waals surface area (Å²) in [5.41, 5.74) is 8.85. The van der Waals surface area contributed by atoms with E-state index in [9.17, 15) is 0 Å². The van der Waals surface area contributed by atoms with Gasteiger partial charge < -0.3 is 5.73 Å². The van der Waals surface area contributed by atoms with E-state index in [2.05, 4.69) is 5.43 Å². The molecule has 0 unspecified atom stereocenters. The zero-order valence-electron chi connectivity index (χ0n) is 6.09. The summed E-state index contributed by atoms with van der Waals surface area (Å²) in [6, 6.07) is 1.08. The highest BCUT2D eigenvalue weighted by Gasteiger charge is 2.25. The molecular formula is C6H15N3. The van der Waals surface area contributed by atoms with Gasteiger partial charge in [-0.2, -0.15) is 0 Å². The zero-order valence-corrected chi connectivity index (χ0v) is 6.09. The lowest BCUT2D eigenvalue weighted by atomic mass is 9.88. The number of rotatable bonds is 2. The molecule has 1 aliphatic rings. The highest BCUT2D eigenvalue weighted by Crippen LogP contribution is 2.16. The smallest absolute Gasteiger partial charge is 0.0244 e. The third-order valence-electron chi connectivity index (χ3n) is 1.62. The molecule has 3 heteroatoms. The van der Waals surface area contributed by atoms with E-state index in [1.807, 2.05) is 19.1 Å². The third-order valence-corrected chi connectivity index (χ3v) is 1.62. The maximum Gasteiger partial charge on any atom is 0.0244 e. The molecule has 0 aromatic rings. The van der Waals surface area contributed by atoms with Gasteiger partial charge in [-0.3, -0.25) is 10.4 Å². The molecule has 9 heavy (non-hydrogen) atoms. The van der Waals surface area contributed by atoms with E-state index >= 15 is 0 Å². The third kappa shape index (κ3) is 1.93. The summed E-state index contributed by atoms with van der Waals surface area (Å²) in [5.74, 6) is 0. The number of hydrazine groups is 1. The molecule has 0 atom stereocenters. The van der Waals surface area contributed by atoms with Gasteiger partial charge in [-0.1, -0.05) is 0 Å². The minimum Gasteiger partial charge on any atom is -0.328 e. The van der Waals surface area contributed by atoms with Crippen molar-refractivity contribution >= 4 is 0 Å². The number of nitrogens with two attached hydrogens (primary N) is 1. The molecule has 1 fully saturated rings. The summed E-state index contributed by atoms with van der Waals surface area (Å²) >= 11 is 0. The molecule has 0 aliphatic heterocycles. The topological polar surface area (TPSA) is 41.3 Å². The number of nitrogens with one attached hydrogen (secondary N) is 1. The molecule has 54 valence electrons. The summed E-state index contributed by atoms with van der Waals surface area (Å²) in [6.45, 7) is 0. The normalized spacial score (nSPS) is 34.7. The second-order valence-corrected chi connectivity index (χ2v) is 2.95. The summed E-state index contributed by atoms with van der Waals surface area (Å²) in [5, 5.41) is 1.98. The highest BCUT2D eigenvalue weighted by molar-refractivity contribution is 4.86. The second kappa shape index (κ2) is 2.64. The molecule has 1 rings (SSSR count). The van der Waals surface area contributed by atoms with Crippen LogP contribution in [0.25, 0.3) is 0 Å². The number of hydrogen-bond donors (Lipinski definition) is 2. The first-order valence-corrected chi connectivity index (χ1v) is 3.37. The fourth-order valence-electron chi connectivity index (χ4n) is 1.13. The minimum atomic E-state index is 0.447. The van der Waals surface area contributed by atoms with Gasteiger partial charge in [0.25, 0.3) is 0 Å².